The summed E-state index contributed by atoms with van der Waals surface area (Å²) in [5.41, 5.74) is 0.127. The van der Waals surface area contributed by atoms with E-state index in [-0.39, 0.29) is 0 Å². The third-order valence-electron chi connectivity index (χ3n) is 2.49. The van der Waals surface area contributed by atoms with Gasteiger partial charge < -0.3 is 10.4 Å². The summed E-state index contributed by atoms with van der Waals surface area (Å²) in [4.78, 5) is 0. The summed E-state index contributed by atoms with van der Waals surface area (Å²) in [6, 6.07) is 7.79. The van der Waals surface area contributed by atoms with Gasteiger partial charge in [-0.05, 0) is 37.1 Å². The summed E-state index contributed by atoms with van der Waals surface area (Å²) in [7, 11) is 0. The van der Waals surface area contributed by atoms with E-state index in [4.69, 9.17) is 0 Å². The summed E-state index contributed by atoms with van der Waals surface area (Å²) < 4.78 is 1.03. The minimum Gasteiger partial charge on any atom is -0.384 e. The fourth-order valence-electron chi connectivity index (χ4n) is 1.52. The van der Waals surface area contributed by atoms with Gasteiger partial charge in [0.15, 0.2) is 0 Å². The topological polar surface area (TPSA) is 32.3 Å². The van der Waals surface area contributed by atoms with Crippen LogP contribution in [0.3, 0.4) is 0 Å². The molecule has 0 radical (unpaired) electrons. The summed E-state index contributed by atoms with van der Waals surface area (Å²) in [5.74, 6) is 0.598. The highest BCUT2D eigenvalue weighted by Crippen LogP contribution is 2.21. The van der Waals surface area contributed by atoms with Crippen LogP contribution in [0.4, 0.5) is 0 Å². The van der Waals surface area contributed by atoms with Gasteiger partial charge in [-0.2, -0.15) is 0 Å². The van der Waals surface area contributed by atoms with Gasteiger partial charge in [-0.1, -0.05) is 41.9 Å². The number of benzene rings is 1. The maximum Gasteiger partial charge on any atom is 0.0992 e. The maximum absolute atomic E-state index is 10.3. The van der Waals surface area contributed by atoms with Gasteiger partial charge in [0, 0.05) is 11.0 Å². The lowest BCUT2D eigenvalue weighted by Gasteiger charge is -2.25. The van der Waals surface area contributed by atoms with Gasteiger partial charge in [-0.25, -0.2) is 0 Å². The Balaban J connectivity index is 2.59. The van der Waals surface area contributed by atoms with Crippen molar-refractivity contribution in [3.8, 4) is 0 Å². The number of hydrogen-bond acceptors (Lipinski definition) is 2. The van der Waals surface area contributed by atoms with Crippen LogP contribution in [0, 0.1) is 5.92 Å². The van der Waals surface area contributed by atoms with Crippen LogP contribution in [0.15, 0.2) is 28.7 Å². The van der Waals surface area contributed by atoms with E-state index in [1.165, 1.54) is 0 Å². The van der Waals surface area contributed by atoms with E-state index < -0.39 is 5.60 Å². The molecule has 0 aliphatic carbocycles. The Hall–Kier alpha value is -0.380. The minimum absolute atomic E-state index is 0.576. The molecule has 0 aromatic heterocycles. The number of aliphatic hydroxyl groups is 1. The van der Waals surface area contributed by atoms with E-state index in [1.54, 1.807) is 0 Å². The lowest BCUT2D eigenvalue weighted by molar-refractivity contribution is 0.0564. The number of rotatable bonds is 5. The number of halogens is 1. The molecule has 0 aliphatic rings. The SMILES string of the molecule is CC(C)CNCC(C)(O)c1ccc(Br)cc1. The van der Waals surface area contributed by atoms with Gasteiger partial charge in [-0.3, -0.25) is 0 Å². The lowest BCUT2D eigenvalue weighted by Crippen LogP contribution is -2.36. The smallest absolute Gasteiger partial charge is 0.0992 e. The highest BCUT2D eigenvalue weighted by molar-refractivity contribution is 9.10. The Morgan fingerprint density at radius 3 is 2.38 bits per heavy atom. The van der Waals surface area contributed by atoms with Crippen LogP contribution in [-0.2, 0) is 5.60 Å². The first-order valence-corrected chi connectivity index (χ1v) is 6.40. The van der Waals surface area contributed by atoms with E-state index in [2.05, 4.69) is 35.1 Å². The first-order valence-electron chi connectivity index (χ1n) is 5.61. The Kier molecular flexibility index (Phi) is 4.96. The maximum atomic E-state index is 10.3. The second-order valence-electron chi connectivity index (χ2n) is 4.81. The van der Waals surface area contributed by atoms with Crippen LogP contribution in [0.2, 0.25) is 0 Å². The van der Waals surface area contributed by atoms with Crippen molar-refractivity contribution in [3.63, 3.8) is 0 Å². The van der Waals surface area contributed by atoms with Crippen molar-refractivity contribution in [2.24, 2.45) is 5.92 Å². The van der Waals surface area contributed by atoms with Crippen molar-refractivity contribution in [1.82, 2.24) is 5.32 Å². The van der Waals surface area contributed by atoms with Crippen LogP contribution >= 0.6 is 15.9 Å². The first kappa shape index (κ1) is 13.7. The quantitative estimate of drug-likeness (QED) is 0.872. The van der Waals surface area contributed by atoms with Gasteiger partial charge >= 0.3 is 0 Å². The Morgan fingerprint density at radius 2 is 1.88 bits per heavy atom. The van der Waals surface area contributed by atoms with Crippen molar-refractivity contribution in [2.45, 2.75) is 26.4 Å². The van der Waals surface area contributed by atoms with E-state index in [0.717, 1.165) is 16.6 Å². The van der Waals surface area contributed by atoms with Crippen molar-refractivity contribution < 1.29 is 5.11 Å². The van der Waals surface area contributed by atoms with Crippen LogP contribution < -0.4 is 5.32 Å². The molecular weight excluding hydrogens is 266 g/mol. The van der Waals surface area contributed by atoms with E-state index in [9.17, 15) is 5.11 Å². The molecule has 2 N–H and O–H groups in total. The van der Waals surface area contributed by atoms with Gasteiger partial charge in [0.05, 0.1) is 5.60 Å². The minimum atomic E-state index is -0.810. The molecule has 0 fully saturated rings. The zero-order valence-corrected chi connectivity index (χ0v) is 11.7. The highest BCUT2D eigenvalue weighted by Gasteiger charge is 2.22. The van der Waals surface area contributed by atoms with Gasteiger partial charge in [-0.15, -0.1) is 0 Å². The van der Waals surface area contributed by atoms with Crippen LogP contribution in [0.5, 0.6) is 0 Å². The zero-order valence-electron chi connectivity index (χ0n) is 10.1. The molecule has 0 aliphatic heterocycles. The zero-order chi connectivity index (χ0) is 12.2. The third-order valence-corrected chi connectivity index (χ3v) is 3.02. The third kappa shape index (κ3) is 4.24. The molecule has 1 atom stereocenters. The monoisotopic (exact) mass is 285 g/mol. The second-order valence-corrected chi connectivity index (χ2v) is 5.72. The van der Waals surface area contributed by atoms with Crippen molar-refractivity contribution in [2.75, 3.05) is 13.1 Å². The molecule has 0 saturated heterocycles. The Bertz CT molecular complexity index is 319. The predicted molar refractivity (Wildman–Crippen MR) is 71.4 cm³/mol. The normalized spacial score (nSPS) is 15.1. The fourth-order valence-corrected chi connectivity index (χ4v) is 1.78. The average molecular weight is 286 g/mol. The lowest BCUT2D eigenvalue weighted by atomic mass is 9.96. The van der Waals surface area contributed by atoms with E-state index in [1.807, 2.05) is 31.2 Å². The Labute approximate surface area is 106 Å². The molecule has 0 bridgehead atoms. The summed E-state index contributed by atoms with van der Waals surface area (Å²) in [5, 5.41) is 13.6. The predicted octanol–water partition coefficient (Wildman–Crippen LogP) is 2.90. The molecule has 0 saturated carbocycles. The van der Waals surface area contributed by atoms with Crippen LogP contribution in [0.25, 0.3) is 0 Å². The summed E-state index contributed by atoms with van der Waals surface area (Å²) in [6.07, 6.45) is 0. The molecule has 1 aromatic carbocycles. The first-order chi connectivity index (χ1) is 7.42. The van der Waals surface area contributed by atoms with Gasteiger partial charge in [0.25, 0.3) is 0 Å². The standard InChI is InChI=1S/C13H20BrNO/c1-10(2)8-15-9-13(3,16)11-4-6-12(14)7-5-11/h4-7,10,15-16H,8-9H2,1-3H3. The summed E-state index contributed by atoms with van der Waals surface area (Å²) in [6.45, 7) is 7.64. The van der Waals surface area contributed by atoms with Crippen molar-refractivity contribution >= 4 is 15.9 Å². The van der Waals surface area contributed by atoms with Crippen molar-refractivity contribution in [1.29, 1.82) is 0 Å². The van der Waals surface area contributed by atoms with Gasteiger partial charge in [0.2, 0.25) is 0 Å². The van der Waals surface area contributed by atoms with E-state index in [0.29, 0.717) is 12.5 Å². The largest absolute Gasteiger partial charge is 0.384 e. The van der Waals surface area contributed by atoms with Gasteiger partial charge in [0.1, 0.15) is 0 Å². The van der Waals surface area contributed by atoms with Crippen LogP contribution in [-0.4, -0.2) is 18.2 Å². The summed E-state index contributed by atoms with van der Waals surface area (Å²) >= 11 is 3.39. The number of nitrogens with one attached hydrogen (secondary N) is 1. The highest BCUT2D eigenvalue weighted by atomic mass is 79.9. The fraction of sp³-hybridized carbons (Fsp3) is 0.538. The van der Waals surface area contributed by atoms with Crippen molar-refractivity contribution in [3.05, 3.63) is 34.3 Å². The molecule has 0 heterocycles. The molecule has 3 heteroatoms. The molecule has 1 unspecified atom stereocenters. The molecule has 90 valence electrons. The molecule has 0 amide bonds. The molecular formula is C13H20BrNO. The molecule has 1 rings (SSSR count). The Morgan fingerprint density at radius 1 is 1.31 bits per heavy atom. The van der Waals surface area contributed by atoms with E-state index >= 15 is 0 Å². The molecule has 0 spiro atoms. The molecule has 1 aromatic rings. The molecule has 2 nitrogen and oxygen atoms in total. The number of hydrogen-bond donors (Lipinski definition) is 2. The average Bonchev–Trinajstić information content (AvgIpc) is 2.17. The molecule has 16 heavy (non-hydrogen) atoms. The second kappa shape index (κ2) is 5.80. The van der Waals surface area contributed by atoms with Crippen LogP contribution in [0.1, 0.15) is 26.3 Å².